The lowest BCUT2D eigenvalue weighted by molar-refractivity contribution is -0.148. The van der Waals surface area contributed by atoms with E-state index in [9.17, 15) is 24.0 Å². The first-order chi connectivity index (χ1) is 61.0. The van der Waals surface area contributed by atoms with Crippen molar-refractivity contribution in [2.45, 2.75) is 579 Å². The van der Waals surface area contributed by atoms with Gasteiger partial charge in [0.05, 0.1) is 33.0 Å². The van der Waals surface area contributed by atoms with E-state index in [2.05, 4.69) is 34.6 Å². The Bertz CT molecular complexity index is 1730. The van der Waals surface area contributed by atoms with Crippen molar-refractivity contribution in [3.8, 4) is 0 Å². The summed E-state index contributed by atoms with van der Waals surface area (Å²) in [6, 6.07) is 0. The Morgan fingerprint density at radius 2 is 0.232 bits per heavy atom. The third kappa shape index (κ3) is 125. The van der Waals surface area contributed by atoms with Gasteiger partial charge in [-0.15, -0.1) is 0 Å². The van der Waals surface area contributed by atoms with Crippen LogP contribution in [0.1, 0.15) is 548 Å². The number of carbonyl (C=O) groups is 5. The number of hydrogen-bond acceptors (Lipinski definition) is 20. The summed E-state index contributed by atoms with van der Waals surface area (Å²) in [5.41, 5.74) is 0. The van der Waals surface area contributed by atoms with E-state index in [1.54, 1.807) is 0 Å². The van der Waals surface area contributed by atoms with Crippen LogP contribution in [0.15, 0.2) is 0 Å². The van der Waals surface area contributed by atoms with Gasteiger partial charge in [0.1, 0.15) is 63.6 Å². The first-order valence-corrected chi connectivity index (χ1v) is 53.2. The van der Waals surface area contributed by atoms with Gasteiger partial charge in [-0.25, -0.2) is 0 Å². The molecular formula is C105H210O20. The molecular weight excluding hydrogens is 1580 g/mol. The predicted molar refractivity (Wildman–Crippen MR) is 518 cm³/mol. The molecule has 0 heterocycles. The number of rotatable bonds is 95. The van der Waals surface area contributed by atoms with E-state index in [1.165, 1.54) is 417 Å². The highest BCUT2D eigenvalue weighted by Gasteiger charge is 2.13. The van der Waals surface area contributed by atoms with E-state index in [0.29, 0.717) is 32.1 Å². The normalized spacial score (nSPS) is 12.3. The smallest absolute Gasteiger partial charge is 0.305 e. The van der Waals surface area contributed by atoms with Crippen LogP contribution in [-0.2, 0) is 47.7 Å². The molecule has 0 saturated heterocycles. The summed E-state index contributed by atoms with van der Waals surface area (Å²) in [7, 11) is 0. The van der Waals surface area contributed by atoms with E-state index in [4.69, 9.17) is 74.7 Å². The summed E-state index contributed by atoms with van der Waals surface area (Å²) in [6.45, 7) is 8.96. The van der Waals surface area contributed by atoms with Crippen molar-refractivity contribution in [2.75, 3.05) is 66.1 Å². The second-order valence-electron chi connectivity index (χ2n) is 36.1. The fourth-order valence-electron chi connectivity index (χ4n) is 14.8. The van der Waals surface area contributed by atoms with Crippen molar-refractivity contribution in [3.63, 3.8) is 0 Å². The maximum Gasteiger partial charge on any atom is 0.305 e. The van der Waals surface area contributed by atoms with Crippen LogP contribution in [-0.4, -0.2) is 178 Å². The molecule has 5 atom stereocenters. The van der Waals surface area contributed by atoms with Crippen LogP contribution in [0.5, 0.6) is 0 Å². The monoisotopic (exact) mass is 1790 g/mol. The van der Waals surface area contributed by atoms with Gasteiger partial charge in [-0.2, -0.15) is 0 Å². The maximum atomic E-state index is 11.4. The van der Waals surface area contributed by atoms with Gasteiger partial charge in [-0.05, 0) is 32.1 Å². The molecule has 0 radical (unpaired) electrons. The van der Waals surface area contributed by atoms with Crippen LogP contribution in [0.2, 0.25) is 0 Å². The summed E-state index contributed by atoms with van der Waals surface area (Å²) >= 11 is 0. The van der Waals surface area contributed by atoms with Crippen molar-refractivity contribution in [3.05, 3.63) is 0 Å². The number of hydrogen-bond donors (Lipinski definition) is 10. The Kier molecular flexibility index (Phi) is 122. The van der Waals surface area contributed by atoms with Crippen molar-refractivity contribution in [1.82, 2.24) is 0 Å². The zero-order chi connectivity index (χ0) is 92.9. The number of esters is 5. The van der Waals surface area contributed by atoms with E-state index in [0.717, 1.165) is 64.2 Å². The van der Waals surface area contributed by atoms with Gasteiger partial charge in [0.2, 0.25) is 0 Å². The number of carbonyl (C=O) groups excluding carboxylic acids is 5. The molecule has 5 unspecified atom stereocenters. The quantitative estimate of drug-likeness (QED) is 0.0154. The van der Waals surface area contributed by atoms with Gasteiger partial charge in [0, 0.05) is 32.1 Å². The van der Waals surface area contributed by atoms with E-state index in [-0.39, 0.29) is 95.9 Å². The molecule has 10 N–H and O–H groups in total. The molecule has 20 heteroatoms. The molecule has 0 rings (SSSR count). The molecule has 0 saturated carbocycles. The largest absolute Gasteiger partial charge is 0.463 e. The van der Waals surface area contributed by atoms with Crippen molar-refractivity contribution >= 4 is 29.8 Å². The fourth-order valence-corrected chi connectivity index (χ4v) is 14.8. The zero-order valence-electron chi connectivity index (χ0n) is 82.6. The Hall–Kier alpha value is -3.05. The topological polar surface area (TPSA) is 334 Å². The molecule has 0 aliphatic carbocycles. The first kappa shape index (κ1) is 130. The van der Waals surface area contributed by atoms with E-state index < -0.39 is 30.5 Å². The molecule has 0 aromatic rings. The third-order valence-corrected chi connectivity index (χ3v) is 23.2. The van der Waals surface area contributed by atoms with Crippen LogP contribution < -0.4 is 0 Å². The standard InChI is InChI=1S/5C21H42O4/c5*1-2-3-4-5-6-7-8-9-10-11-12-13-14-15-16-17-21(24)25-19-20(23)18-22/h5*20,22-23H,2-19H2,1H3. The molecule has 0 bridgehead atoms. The molecule has 125 heavy (non-hydrogen) atoms. The molecule has 20 nitrogen and oxygen atoms in total. The van der Waals surface area contributed by atoms with Gasteiger partial charge in [0.15, 0.2) is 0 Å². The third-order valence-electron chi connectivity index (χ3n) is 23.2. The lowest BCUT2D eigenvalue weighted by atomic mass is 10.0. The highest BCUT2D eigenvalue weighted by Crippen LogP contribution is 2.21. The zero-order valence-corrected chi connectivity index (χ0v) is 82.6. The first-order valence-electron chi connectivity index (χ1n) is 53.2. The average Bonchev–Trinajstić information content (AvgIpc) is 1.04. The minimum Gasteiger partial charge on any atom is -0.463 e. The number of aliphatic hydroxyl groups is 10. The van der Waals surface area contributed by atoms with Gasteiger partial charge in [0.25, 0.3) is 0 Å². The molecule has 0 amide bonds. The maximum absolute atomic E-state index is 11.4. The van der Waals surface area contributed by atoms with Gasteiger partial charge >= 0.3 is 29.8 Å². The molecule has 0 aromatic carbocycles. The fraction of sp³-hybridized carbons (Fsp3) is 0.952. The molecule has 750 valence electrons. The number of unbranched alkanes of at least 4 members (excludes halogenated alkanes) is 70. The van der Waals surface area contributed by atoms with Crippen LogP contribution in [0.3, 0.4) is 0 Å². The lowest BCUT2D eigenvalue weighted by Gasteiger charge is -2.08. The average molecular weight is 1790 g/mol. The summed E-state index contributed by atoms with van der Waals surface area (Å²) in [5.74, 6) is -1.38. The molecule has 0 aliphatic heterocycles. The van der Waals surface area contributed by atoms with Crippen LogP contribution in [0.25, 0.3) is 0 Å². The summed E-state index contributed by atoms with van der Waals surface area (Å²) in [5, 5.41) is 88.5. The van der Waals surface area contributed by atoms with Crippen LogP contribution in [0.4, 0.5) is 0 Å². The summed E-state index contributed by atoms with van der Waals surface area (Å²) in [6.07, 6.45) is 95.1. The van der Waals surface area contributed by atoms with E-state index >= 15 is 0 Å². The highest BCUT2D eigenvalue weighted by molar-refractivity contribution is 5.70. The number of ether oxygens (including phenoxy) is 5. The highest BCUT2D eigenvalue weighted by atomic mass is 16.6. The van der Waals surface area contributed by atoms with Crippen LogP contribution >= 0.6 is 0 Å². The Morgan fingerprint density at radius 3 is 0.312 bits per heavy atom. The molecule has 0 spiro atoms. The molecule has 0 fully saturated rings. The van der Waals surface area contributed by atoms with Gasteiger partial charge in [-0.1, -0.05) is 484 Å². The second kappa shape index (κ2) is 117. The summed E-state index contributed by atoms with van der Waals surface area (Å²) in [4.78, 5) is 56.9. The van der Waals surface area contributed by atoms with Gasteiger partial charge in [-0.3, -0.25) is 24.0 Å². The molecule has 0 aromatic heterocycles. The van der Waals surface area contributed by atoms with Crippen LogP contribution in [0, 0.1) is 0 Å². The van der Waals surface area contributed by atoms with Crippen molar-refractivity contribution in [1.29, 1.82) is 0 Å². The Balaban J connectivity index is -0.000000480. The Morgan fingerprint density at radius 1 is 0.152 bits per heavy atom. The number of aliphatic hydroxyl groups excluding tert-OH is 10. The lowest BCUT2D eigenvalue weighted by Crippen LogP contribution is -2.21. The SMILES string of the molecule is CCCCCCCCCCCCCCCCCC(=O)OCC(O)CO.CCCCCCCCCCCCCCCCCC(=O)OCC(O)CO.CCCCCCCCCCCCCCCCCC(=O)OCC(O)CO.CCCCCCCCCCCCCCCCCC(=O)OCC(O)CO.CCCCCCCCCCCCCCCCCC(=O)OCC(O)CO. The van der Waals surface area contributed by atoms with Crippen molar-refractivity contribution < 1.29 is 98.7 Å². The van der Waals surface area contributed by atoms with Crippen molar-refractivity contribution in [2.24, 2.45) is 0 Å². The minimum absolute atomic E-state index is 0.103. The second-order valence-corrected chi connectivity index (χ2v) is 36.1. The predicted octanol–water partition coefficient (Wildman–Crippen LogP) is 25.7. The molecule has 0 aliphatic rings. The minimum atomic E-state index is -0.954. The summed E-state index contributed by atoms with van der Waals surface area (Å²) < 4.78 is 24.3. The Labute approximate surface area is 769 Å². The van der Waals surface area contributed by atoms with Gasteiger partial charge < -0.3 is 74.7 Å². The van der Waals surface area contributed by atoms with E-state index in [1.807, 2.05) is 0 Å².